The molecule has 118 valence electrons. The molecule has 0 saturated carbocycles. The molecular weight excluding hydrogens is 286 g/mol. The molecule has 1 aliphatic heterocycles. The van der Waals surface area contributed by atoms with Crippen LogP contribution in [0.2, 0.25) is 0 Å². The minimum Gasteiger partial charge on any atom is -0.317 e. The maximum Gasteiger partial charge on any atom is 0.281 e. The standard InChI is InChI=1S/C15H25N3O2S/c1-17(12-14-6-4-3-5-7-14)21(19,20)18(2)13-15-8-10-16-11-9-15/h3-7,15-16H,8-13H2,1-2H3. The van der Waals surface area contributed by atoms with Crippen molar-refractivity contribution in [2.45, 2.75) is 19.4 Å². The first kappa shape index (κ1) is 16.4. The van der Waals surface area contributed by atoms with Crippen molar-refractivity contribution in [1.29, 1.82) is 0 Å². The van der Waals surface area contributed by atoms with Crippen LogP contribution in [0.4, 0.5) is 0 Å². The van der Waals surface area contributed by atoms with Crippen LogP contribution < -0.4 is 5.32 Å². The molecule has 2 rings (SSSR count). The van der Waals surface area contributed by atoms with E-state index >= 15 is 0 Å². The fourth-order valence-electron chi connectivity index (χ4n) is 2.68. The second-order valence-corrected chi connectivity index (χ2v) is 7.87. The van der Waals surface area contributed by atoms with Crippen LogP contribution in [0.3, 0.4) is 0 Å². The molecule has 0 aliphatic carbocycles. The third-order valence-corrected chi connectivity index (χ3v) is 5.86. The van der Waals surface area contributed by atoms with Crippen LogP contribution in [0.5, 0.6) is 0 Å². The van der Waals surface area contributed by atoms with Crippen molar-refractivity contribution in [3.63, 3.8) is 0 Å². The van der Waals surface area contributed by atoms with Crippen LogP contribution in [0.1, 0.15) is 18.4 Å². The minimum atomic E-state index is -3.39. The van der Waals surface area contributed by atoms with Gasteiger partial charge in [-0.2, -0.15) is 17.0 Å². The molecule has 0 unspecified atom stereocenters. The fourth-order valence-corrected chi connectivity index (χ4v) is 3.87. The lowest BCUT2D eigenvalue weighted by Crippen LogP contribution is -2.43. The summed E-state index contributed by atoms with van der Waals surface area (Å²) in [7, 11) is -0.0707. The van der Waals surface area contributed by atoms with Crippen LogP contribution in [-0.4, -0.2) is 50.8 Å². The van der Waals surface area contributed by atoms with Crippen molar-refractivity contribution >= 4 is 10.2 Å². The van der Waals surface area contributed by atoms with E-state index in [1.807, 2.05) is 30.3 Å². The summed E-state index contributed by atoms with van der Waals surface area (Å²) in [5.41, 5.74) is 0.999. The van der Waals surface area contributed by atoms with E-state index in [1.54, 1.807) is 14.1 Å². The lowest BCUT2D eigenvalue weighted by Gasteiger charge is -2.29. The molecule has 0 atom stereocenters. The Labute approximate surface area is 128 Å². The zero-order valence-corrected chi connectivity index (χ0v) is 13.6. The van der Waals surface area contributed by atoms with Gasteiger partial charge in [-0.3, -0.25) is 0 Å². The van der Waals surface area contributed by atoms with E-state index in [0.29, 0.717) is 19.0 Å². The summed E-state index contributed by atoms with van der Waals surface area (Å²) in [6.07, 6.45) is 2.09. The van der Waals surface area contributed by atoms with Crippen molar-refractivity contribution in [3.8, 4) is 0 Å². The number of piperidine rings is 1. The molecule has 1 aromatic carbocycles. The van der Waals surface area contributed by atoms with Gasteiger partial charge in [0, 0.05) is 27.2 Å². The molecule has 1 aromatic rings. The molecular formula is C15H25N3O2S. The van der Waals surface area contributed by atoms with E-state index in [-0.39, 0.29) is 0 Å². The number of hydrogen-bond acceptors (Lipinski definition) is 3. The minimum absolute atomic E-state index is 0.403. The van der Waals surface area contributed by atoms with Gasteiger partial charge in [0.15, 0.2) is 0 Å². The van der Waals surface area contributed by atoms with Crippen LogP contribution in [0.15, 0.2) is 30.3 Å². The number of nitrogens with zero attached hydrogens (tertiary/aromatic N) is 2. The van der Waals surface area contributed by atoms with E-state index in [9.17, 15) is 8.42 Å². The van der Waals surface area contributed by atoms with Crippen molar-refractivity contribution in [1.82, 2.24) is 13.9 Å². The molecule has 0 spiro atoms. The number of nitrogens with one attached hydrogen (secondary N) is 1. The summed E-state index contributed by atoms with van der Waals surface area (Å²) in [6, 6.07) is 9.67. The molecule has 1 saturated heterocycles. The maximum absolute atomic E-state index is 12.5. The number of benzene rings is 1. The Kier molecular flexibility index (Phi) is 5.75. The first-order chi connectivity index (χ1) is 10.00. The smallest absolute Gasteiger partial charge is 0.281 e. The van der Waals surface area contributed by atoms with Crippen LogP contribution in [0.25, 0.3) is 0 Å². The number of hydrogen-bond donors (Lipinski definition) is 1. The SMILES string of the molecule is CN(Cc1ccccc1)S(=O)(=O)N(C)CC1CCNCC1. The zero-order chi connectivity index (χ0) is 15.3. The predicted molar refractivity (Wildman–Crippen MR) is 85.1 cm³/mol. The molecule has 1 N–H and O–H groups in total. The van der Waals surface area contributed by atoms with Gasteiger partial charge in [0.2, 0.25) is 0 Å². The highest BCUT2D eigenvalue weighted by molar-refractivity contribution is 7.86. The van der Waals surface area contributed by atoms with Gasteiger partial charge in [-0.25, -0.2) is 0 Å². The zero-order valence-electron chi connectivity index (χ0n) is 12.8. The third-order valence-electron chi connectivity index (χ3n) is 4.01. The Morgan fingerprint density at radius 2 is 1.71 bits per heavy atom. The van der Waals surface area contributed by atoms with Crippen molar-refractivity contribution in [3.05, 3.63) is 35.9 Å². The largest absolute Gasteiger partial charge is 0.317 e. The first-order valence-corrected chi connectivity index (χ1v) is 8.82. The summed E-state index contributed by atoms with van der Waals surface area (Å²) >= 11 is 0. The quantitative estimate of drug-likeness (QED) is 0.861. The summed E-state index contributed by atoms with van der Waals surface area (Å²) in [6.45, 7) is 2.97. The molecule has 6 heteroatoms. The van der Waals surface area contributed by atoms with Crippen molar-refractivity contribution in [2.75, 3.05) is 33.7 Å². The molecule has 1 aliphatic rings. The highest BCUT2D eigenvalue weighted by Gasteiger charge is 2.26. The molecule has 1 fully saturated rings. The van der Waals surface area contributed by atoms with Crippen LogP contribution in [0, 0.1) is 5.92 Å². The van der Waals surface area contributed by atoms with Gasteiger partial charge in [0.1, 0.15) is 0 Å². The van der Waals surface area contributed by atoms with E-state index in [2.05, 4.69) is 5.32 Å². The fraction of sp³-hybridized carbons (Fsp3) is 0.600. The maximum atomic E-state index is 12.5. The topological polar surface area (TPSA) is 52.7 Å². The van der Waals surface area contributed by atoms with E-state index in [4.69, 9.17) is 0 Å². The van der Waals surface area contributed by atoms with Gasteiger partial charge >= 0.3 is 0 Å². The van der Waals surface area contributed by atoms with Crippen LogP contribution >= 0.6 is 0 Å². The van der Waals surface area contributed by atoms with Gasteiger partial charge in [0.05, 0.1) is 0 Å². The first-order valence-electron chi connectivity index (χ1n) is 7.42. The van der Waals surface area contributed by atoms with Gasteiger partial charge in [-0.15, -0.1) is 0 Å². The highest BCUT2D eigenvalue weighted by Crippen LogP contribution is 2.16. The Morgan fingerprint density at radius 1 is 1.10 bits per heavy atom. The highest BCUT2D eigenvalue weighted by atomic mass is 32.2. The van der Waals surface area contributed by atoms with E-state index < -0.39 is 10.2 Å². The van der Waals surface area contributed by atoms with Gasteiger partial charge < -0.3 is 5.32 Å². The van der Waals surface area contributed by atoms with Crippen LogP contribution in [-0.2, 0) is 16.8 Å². The molecule has 0 radical (unpaired) electrons. The molecule has 0 aromatic heterocycles. The molecule has 21 heavy (non-hydrogen) atoms. The average molecular weight is 311 g/mol. The molecule has 0 bridgehead atoms. The van der Waals surface area contributed by atoms with E-state index in [0.717, 1.165) is 31.5 Å². The Hall–Kier alpha value is -0.950. The summed E-state index contributed by atoms with van der Waals surface area (Å²) in [5, 5.41) is 3.30. The Bertz CT molecular complexity index is 527. The Morgan fingerprint density at radius 3 is 2.33 bits per heavy atom. The van der Waals surface area contributed by atoms with Gasteiger partial charge in [-0.1, -0.05) is 30.3 Å². The van der Waals surface area contributed by atoms with E-state index in [1.165, 1.54) is 8.61 Å². The monoisotopic (exact) mass is 311 g/mol. The van der Waals surface area contributed by atoms with Gasteiger partial charge in [-0.05, 0) is 37.4 Å². The summed E-state index contributed by atoms with van der Waals surface area (Å²) in [5.74, 6) is 0.455. The molecule has 5 nitrogen and oxygen atoms in total. The molecule has 0 amide bonds. The summed E-state index contributed by atoms with van der Waals surface area (Å²) < 4.78 is 28.0. The average Bonchev–Trinajstić information content (AvgIpc) is 2.49. The lowest BCUT2D eigenvalue weighted by molar-refractivity contribution is 0.296. The van der Waals surface area contributed by atoms with Crippen molar-refractivity contribution < 1.29 is 8.42 Å². The molecule has 1 heterocycles. The van der Waals surface area contributed by atoms with Gasteiger partial charge in [0.25, 0.3) is 10.2 Å². The number of rotatable bonds is 6. The predicted octanol–water partition coefficient (Wildman–Crippen LogP) is 1.29. The lowest BCUT2D eigenvalue weighted by atomic mass is 9.98. The summed E-state index contributed by atoms with van der Waals surface area (Å²) in [4.78, 5) is 0. The third kappa shape index (κ3) is 4.51. The second kappa shape index (κ2) is 7.35. The second-order valence-electron chi connectivity index (χ2n) is 5.72. The van der Waals surface area contributed by atoms with Crippen molar-refractivity contribution in [2.24, 2.45) is 5.92 Å². The normalized spacial score (nSPS) is 17.5. The Balaban J connectivity index is 1.95.